The van der Waals surface area contributed by atoms with E-state index in [0.29, 0.717) is 12.0 Å². The van der Waals surface area contributed by atoms with Gasteiger partial charge < -0.3 is 5.11 Å². The van der Waals surface area contributed by atoms with Gasteiger partial charge in [-0.25, -0.2) is 4.98 Å². The van der Waals surface area contributed by atoms with Gasteiger partial charge in [-0.05, 0) is 44.6 Å². The molecule has 0 saturated heterocycles. The van der Waals surface area contributed by atoms with Crippen LogP contribution < -0.4 is 0 Å². The molecule has 1 fully saturated rings. The predicted octanol–water partition coefficient (Wildman–Crippen LogP) is 2.63. The Kier molecular flexibility index (Phi) is 2.74. The van der Waals surface area contributed by atoms with Gasteiger partial charge in [0.15, 0.2) is 0 Å². The molecule has 0 aliphatic heterocycles. The minimum absolute atomic E-state index is 0.113. The Morgan fingerprint density at radius 2 is 2.40 bits per heavy atom. The Bertz CT molecular complexity index is 351. The molecular formula is C12H16FNO. The molecule has 0 bridgehead atoms. The number of nitrogens with zero attached hydrogens (tertiary/aromatic N) is 1. The molecule has 2 nitrogen and oxygen atoms in total. The van der Waals surface area contributed by atoms with E-state index in [2.05, 4.69) is 4.98 Å². The molecule has 0 spiro atoms. The standard InChI is InChI=1S/C12H16FNO/c1-12(15)6-2-4-9(8-12)10-5-3-7-14-11(10)13/h3,5,7,9,15H,2,4,6,8H2,1H3/t9?,12-/m0/s1. The normalized spacial score (nSPS) is 31.5. The van der Waals surface area contributed by atoms with E-state index in [1.807, 2.05) is 6.92 Å². The van der Waals surface area contributed by atoms with Crippen molar-refractivity contribution in [2.75, 3.05) is 0 Å². The van der Waals surface area contributed by atoms with Crippen molar-refractivity contribution < 1.29 is 9.50 Å². The second-order valence-corrected chi connectivity index (χ2v) is 4.67. The molecule has 0 radical (unpaired) electrons. The predicted molar refractivity (Wildman–Crippen MR) is 56.0 cm³/mol. The number of hydrogen-bond acceptors (Lipinski definition) is 2. The second-order valence-electron chi connectivity index (χ2n) is 4.67. The Morgan fingerprint density at radius 1 is 1.60 bits per heavy atom. The van der Waals surface area contributed by atoms with Crippen LogP contribution in [0.2, 0.25) is 0 Å². The molecule has 0 amide bonds. The van der Waals surface area contributed by atoms with Gasteiger partial charge in [0.2, 0.25) is 5.95 Å². The third-order valence-corrected chi connectivity index (χ3v) is 3.18. The van der Waals surface area contributed by atoms with Crippen LogP contribution in [0.3, 0.4) is 0 Å². The quantitative estimate of drug-likeness (QED) is 0.721. The van der Waals surface area contributed by atoms with Gasteiger partial charge in [-0.3, -0.25) is 0 Å². The third kappa shape index (κ3) is 2.34. The minimum Gasteiger partial charge on any atom is -0.390 e. The van der Waals surface area contributed by atoms with Gasteiger partial charge in [0.25, 0.3) is 0 Å². The number of hydrogen-bond donors (Lipinski definition) is 1. The number of halogens is 1. The third-order valence-electron chi connectivity index (χ3n) is 3.18. The fraction of sp³-hybridized carbons (Fsp3) is 0.583. The van der Waals surface area contributed by atoms with Crippen LogP contribution in [0.4, 0.5) is 4.39 Å². The Labute approximate surface area is 89.2 Å². The lowest BCUT2D eigenvalue weighted by Crippen LogP contribution is -2.31. The highest BCUT2D eigenvalue weighted by molar-refractivity contribution is 5.18. The summed E-state index contributed by atoms with van der Waals surface area (Å²) in [6, 6.07) is 3.52. The molecule has 1 saturated carbocycles. The highest BCUT2D eigenvalue weighted by atomic mass is 19.1. The summed E-state index contributed by atoms with van der Waals surface area (Å²) in [6.07, 6.45) is 4.80. The van der Waals surface area contributed by atoms with E-state index < -0.39 is 5.60 Å². The zero-order valence-corrected chi connectivity index (χ0v) is 8.91. The average Bonchev–Trinajstić information content (AvgIpc) is 2.17. The number of rotatable bonds is 1. The molecule has 82 valence electrons. The van der Waals surface area contributed by atoms with Crippen LogP contribution in [0.15, 0.2) is 18.3 Å². The maximum Gasteiger partial charge on any atom is 0.216 e. The van der Waals surface area contributed by atoms with E-state index >= 15 is 0 Å². The first-order chi connectivity index (χ1) is 7.08. The van der Waals surface area contributed by atoms with E-state index in [4.69, 9.17) is 0 Å². The molecule has 1 N–H and O–H groups in total. The summed E-state index contributed by atoms with van der Waals surface area (Å²) in [5.74, 6) is -0.275. The van der Waals surface area contributed by atoms with Crippen molar-refractivity contribution >= 4 is 0 Å². The molecule has 15 heavy (non-hydrogen) atoms. The first-order valence-electron chi connectivity index (χ1n) is 5.41. The lowest BCUT2D eigenvalue weighted by Gasteiger charge is -2.34. The molecule has 1 aromatic heterocycles. The van der Waals surface area contributed by atoms with Crippen LogP contribution in [0.1, 0.15) is 44.1 Å². The topological polar surface area (TPSA) is 33.1 Å². The maximum absolute atomic E-state index is 13.4. The molecule has 3 heteroatoms. The van der Waals surface area contributed by atoms with Crippen LogP contribution >= 0.6 is 0 Å². The summed E-state index contributed by atoms with van der Waals surface area (Å²) in [5.41, 5.74) is 0.00282. The van der Waals surface area contributed by atoms with Gasteiger partial charge in [-0.2, -0.15) is 4.39 Å². The fourth-order valence-corrected chi connectivity index (χ4v) is 2.43. The van der Waals surface area contributed by atoms with Crippen LogP contribution in [-0.4, -0.2) is 15.7 Å². The number of pyridine rings is 1. The highest BCUT2D eigenvalue weighted by Gasteiger charge is 2.31. The zero-order chi connectivity index (χ0) is 10.9. The van der Waals surface area contributed by atoms with E-state index in [1.54, 1.807) is 12.1 Å². The van der Waals surface area contributed by atoms with E-state index in [1.165, 1.54) is 6.20 Å². The van der Waals surface area contributed by atoms with Crippen molar-refractivity contribution in [2.24, 2.45) is 0 Å². The van der Waals surface area contributed by atoms with E-state index in [0.717, 1.165) is 19.3 Å². The summed E-state index contributed by atoms with van der Waals surface area (Å²) in [4.78, 5) is 3.65. The Balaban J connectivity index is 2.21. The van der Waals surface area contributed by atoms with Crippen LogP contribution in [0.5, 0.6) is 0 Å². The van der Waals surface area contributed by atoms with Crippen molar-refractivity contribution in [1.82, 2.24) is 4.98 Å². The second kappa shape index (κ2) is 3.89. The van der Waals surface area contributed by atoms with Crippen LogP contribution in [-0.2, 0) is 0 Å². The van der Waals surface area contributed by atoms with Gasteiger partial charge in [-0.15, -0.1) is 0 Å². The monoisotopic (exact) mass is 209 g/mol. The van der Waals surface area contributed by atoms with Gasteiger partial charge >= 0.3 is 0 Å². The molecule has 1 aliphatic rings. The van der Waals surface area contributed by atoms with Crippen molar-refractivity contribution in [2.45, 2.75) is 44.1 Å². The molecule has 0 aromatic carbocycles. The maximum atomic E-state index is 13.4. The molecule has 1 aliphatic carbocycles. The minimum atomic E-state index is -0.648. The van der Waals surface area contributed by atoms with E-state index in [-0.39, 0.29) is 11.9 Å². The highest BCUT2D eigenvalue weighted by Crippen LogP contribution is 2.38. The van der Waals surface area contributed by atoms with Crippen molar-refractivity contribution in [3.05, 3.63) is 29.8 Å². The van der Waals surface area contributed by atoms with E-state index in [9.17, 15) is 9.50 Å². The first kappa shape index (κ1) is 10.6. The number of aromatic nitrogens is 1. The molecule has 2 rings (SSSR count). The summed E-state index contributed by atoms with van der Waals surface area (Å²) in [6.45, 7) is 1.83. The van der Waals surface area contributed by atoms with Crippen molar-refractivity contribution in [3.8, 4) is 0 Å². The van der Waals surface area contributed by atoms with Gasteiger partial charge in [0, 0.05) is 11.8 Å². The Morgan fingerprint density at radius 3 is 3.07 bits per heavy atom. The molecular weight excluding hydrogens is 193 g/mol. The van der Waals surface area contributed by atoms with Crippen LogP contribution in [0, 0.1) is 5.95 Å². The fourth-order valence-electron chi connectivity index (χ4n) is 2.43. The Hall–Kier alpha value is -0.960. The summed E-state index contributed by atoms with van der Waals surface area (Å²) < 4.78 is 13.4. The van der Waals surface area contributed by atoms with Crippen molar-refractivity contribution in [3.63, 3.8) is 0 Å². The molecule has 1 unspecified atom stereocenters. The lowest BCUT2D eigenvalue weighted by atomic mass is 9.76. The summed E-state index contributed by atoms with van der Waals surface area (Å²) in [5, 5.41) is 9.95. The summed E-state index contributed by atoms with van der Waals surface area (Å²) in [7, 11) is 0. The average molecular weight is 209 g/mol. The summed E-state index contributed by atoms with van der Waals surface area (Å²) >= 11 is 0. The van der Waals surface area contributed by atoms with Gasteiger partial charge in [0.1, 0.15) is 0 Å². The molecule has 1 heterocycles. The largest absolute Gasteiger partial charge is 0.390 e. The van der Waals surface area contributed by atoms with Gasteiger partial charge in [0.05, 0.1) is 5.60 Å². The number of aliphatic hydroxyl groups is 1. The van der Waals surface area contributed by atoms with Crippen LogP contribution in [0.25, 0.3) is 0 Å². The molecule has 2 atom stereocenters. The molecule has 1 aromatic rings. The van der Waals surface area contributed by atoms with Gasteiger partial charge in [-0.1, -0.05) is 6.07 Å². The first-order valence-corrected chi connectivity index (χ1v) is 5.41. The van der Waals surface area contributed by atoms with Crippen molar-refractivity contribution in [1.29, 1.82) is 0 Å². The smallest absolute Gasteiger partial charge is 0.216 e. The zero-order valence-electron chi connectivity index (χ0n) is 8.91. The SMILES string of the molecule is C[C@]1(O)CCCC(c2cccnc2F)C1. The lowest BCUT2D eigenvalue weighted by molar-refractivity contribution is 0.0140.